The second-order valence-electron chi connectivity index (χ2n) is 4.86. The van der Waals surface area contributed by atoms with Crippen LogP contribution < -0.4 is 0 Å². The maximum Gasteiger partial charge on any atom is 0.357 e. The van der Waals surface area contributed by atoms with E-state index in [1.165, 1.54) is 7.11 Å². The number of benzene rings is 1. The predicted octanol–water partition coefficient (Wildman–Crippen LogP) is 4.11. The van der Waals surface area contributed by atoms with Gasteiger partial charge in [-0.2, -0.15) is 0 Å². The molecule has 1 aromatic carbocycles. The fourth-order valence-electron chi connectivity index (χ4n) is 2.09. The lowest BCUT2D eigenvalue weighted by Crippen LogP contribution is -2.10. The molecule has 1 heterocycles. The van der Waals surface area contributed by atoms with Crippen molar-refractivity contribution in [3.8, 4) is 11.1 Å². The Morgan fingerprint density at radius 1 is 1.29 bits per heavy atom. The van der Waals surface area contributed by atoms with E-state index in [1.807, 2.05) is 0 Å². The van der Waals surface area contributed by atoms with E-state index in [0.29, 0.717) is 32.9 Å². The summed E-state index contributed by atoms with van der Waals surface area (Å²) in [7, 11) is 1.32. The fourth-order valence-corrected chi connectivity index (χ4v) is 2.50. The Labute approximate surface area is 132 Å². The van der Waals surface area contributed by atoms with Gasteiger partial charge in [0.15, 0.2) is 5.69 Å². The number of hydrogen-bond acceptors (Lipinski definition) is 4. The van der Waals surface area contributed by atoms with Gasteiger partial charge in [0.05, 0.1) is 17.2 Å². The molecule has 0 spiro atoms. The summed E-state index contributed by atoms with van der Waals surface area (Å²) in [5.74, 6) is 0.514. The van der Waals surface area contributed by atoms with Gasteiger partial charge in [0, 0.05) is 23.2 Å². The maximum atomic E-state index is 12.0. The van der Waals surface area contributed by atoms with E-state index in [-0.39, 0.29) is 5.69 Å². The summed E-state index contributed by atoms with van der Waals surface area (Å²) in [4.78, 5) is 20.7. The summed E-state index contributed by atoms with van der Waals surface area (Å²) in [6.07, 6.45) is 3.72. The molecule has 0 aliphatic heterocycles. The van der Waals surface area contributed by atoms with Crippen LogP contribution in [0.5, 0.6) is 0 Å². The molecule has 0 bridgehead atoms. The number of aromatic nitrogens is 2. The first kappa shape index (κ1) is 14.3. The van der Waals surface area contributed by atoms with Crippen LogP contribution in [-0.4, -0.2) is 23.0 Å². The molecular weight excluding hydrogens is 311 g/mol. The van der Waals surface area contributed by atoms with E-state index >= 15 is 0 Å². The van der Waals surface area contributed by atoms with Crippen LogP contribution in [0.1, 0.15) is 35.1 Å². The van der Waals surface area contributed by atoms with Gasteiger partial charge in [-0.15, -0.1) is 0 Å². The molecule has 1 aliphatic carbocycles. The van der Waals surface area contributed by atoms with E-state index in [1.54, 1.807) is 24.4 Å². The summed E-state index contributed by atoms with van der Waals surface area (Å²) < 4.78 is 4.82. The zero-order chi connectivity index (χ0) is 15.0. The number of halogens is 2. The summed E-state index contributed by atoms with van der Waals surface area (Å²) in [6.45, 7) is 0. The van der Waals surface area contributed by atoms with Crippen LogP contribution in [0.3, 0.4) is 0 Å². The molecule has 1 fully saturated rings. The van der Waals surface area contributed by atoms with E-state index in [2.05, 4.69) is 9.97 Å². The van der Waals surface area contributed by atoms with Gasteiger partial charge in [0.25, 0.3) is 0 Å². The highest BCUT2D eigenvalue weighted by Gasteiger charge is 2.29. The van der Waals surface area contributed by atoms with Gasteiger partial charge in [0.1, 0.15) is 5.82 Å². The minimum absolute atomic E-state index is 0.221. The number of ether oxygens (including phenoxy) is 1. The zero-order valence-electron chi connectivity index (χ0n) is 11.3. The monoisotopic (exact) mass is 322 g/mol. The Balaban J connectivity index is 2.16. The van der Waals surface area contributed by atoms with Crippen LogP contribution in [-0.2, 0) is 4.74 Å². The van der Waals surface area contributed by atoms with Gasteiger partial charge >= 0.3 is 5.97 Å². The van der Waals surface area contributed by atoms with Crippen molar-refractivity contribution in [3.63, 3.8) is 0 Å². The van der Waals surface area contributed by atoms with Crippen LogP contribution in [0.25, 0.3) is 11.1 Å². The Morgan fingerprint density at radius 2 is 2.05 bits per heavy atom. The van der Waals surface area contributed by atoms with E-state index in [4.69, 9.17) is 27.9 Å². The van der Waals surface area contributed by atoms with Crippen molar-refractivity contribution in [2.45, 2.75) is 18.8 Å². The highest BCUT2D eigenvalue weighted by molar-refractivity contribution is 6.43. The summed E-state index contributed by atoms with van der Waals surface area (Å²) in [5, 5.41) is 0.781. The number of nitrogens with zero attached hydrogens (tertiary/aromatic N) is 2. The van der Waals surface area contributed by atoms with Crippen molar-refractivity contribution in [3.05, 3.63) is 46.0 Å². The minimum atomic E-state index is -0.509. The number of methoxy groups -OCH3 is 1. The lowest BCUT2D eigenvalue weighted by Gasteiger charge is -2.10. The first-order valence-corrected chi connectivity index (χ1v) is 7.27. The molecular formula is C15H12Cl2N2O2. The second-order valence-corrected chi connectivity index (χ2v) is 5.64. The molecule has 108 valence electrons. The standard InChI is InChI=1S/C15H12Cl2N2O2/c1-21-15(20)13-10(7-18-14(19-13)8-5-6-8)9-3-2-4-11(16)12(9)17/h2-4,7-8H,5-6H2,1H3. The van der Waals surface area contributed by atoms with E-state index in [0.717, 1.165) is 12.8 Å². The van der Waals surface area contributed by atoms with Crippen LogP contribution in [0.4, 0.5) is 0 Å². The van der Waals surface area contributed by atoms with Crippen molar-refractivity contribution in [2.24, 2.45) is 0 Å². The van der Waals surface area contributed by atoms with Gasteiger partial charge < -0.3 is 4.74 Å². The normalized spacial score (nSPS) is 14.0. The third-order valence-electron chi connectivity index (χ3n) is 3.37. The average Bonchev–Trinajstić information content (AvgIpc) is 3.33. The quantitative estimate of drug-likeness (QED) is 0.798. The maximum absolute atomic E-state index is 12.0. The molecule has 3 rings (SSSR count). The molecule has 0 saturated heterocycles. The molecule has 0 amide bonds. The first-order chi connectivity index (χ1) is 10.1. The number of carbonyl (C=O) groups excluding carboxylic acids is 1. The lowest BCUT2D eigenvalue weighted by molar-refractivity contribution is 0.0594. The van der Waals surface area contributed by atoms with Crippen molar-refractivity contribution < 1.29 is 9.53 Å². The Kier molecular flexibility index (Phi) is 3.83. The van der Waals surface area contributed by atoms with E-state index < -0.39 is 5.97 Å². The predicted molar refractivity (Wildman–Crippen MR) is 80.8 cm³/mol. The van der Waals surface area contributed by atoms with Crippen molar-refractivity contribution in [1.82, 2.24) is 9.97 Å². The van der Waals surface area contributed by atoms with Gasteiger partial charge in [0.2, 0.25) is 0 Å². The number of esters is 1. The average molecular weight is 323 g/mol. The molecule has 1 saturated carbocycles. The molecule has 1 aromatic heterocycles. The fraction of sp³-hybridized carbons (Fsp3) is 0.267. The summed E-state index contributed by atoms with van der Waals surface area (Å²) in [5.41, 5.74) is 1.37. The number of carbonyl (C=O) groups is 1. The molecule has 4 nitrogen and oxygen atoms in total. The molecule has 2 aromatic rings. The summed E-state index contributed by atoms with van der Waals surface area (Å²) in [6, 6.07) is 5.22. The van der Waals surface area contributed by atoms with Crippen molar-refractivity contribution in [1.29, 1.82) is 0 Å². The van der Waals surface area contributed by atoms with Crippen LogP contribution in [0.15, 0.2) is 24.4 Å². The van der Waals surface area contributed by atoms with Crippen molar-refractivity contribution in [2.75, 3.05) is 7.11 Å². The van der Waals surface area contributed by atoms with Gasteiger partial charge in [-0.25, -0.2) is 14.8 Å². The molecule has 1 aliphatic rings. The third kappa shape index (κ3) is 2.74. The highest BCUT2D eigenvalue weighted by atomic mass is 35.5. The third-order valence-corrected chi connectivity index (χ3v) is 4.19. The smallest absolute Gasteiger partial charge is 0.357 e. The molecule has 0 radical (unpaired) electrons. The Hall–Kier alpha value is -1.65. The van der Waals surface area contributed by atoms with Crippen LogP contribution in [0, 0.1) is 0 Å². The molecule has 6 heteroatoms. The first-order valence-electron chi connectivity index (χ1n) is 6.51. The highest BCUT2D eigenvalue weighted by Crippen LogP contribution is 2.40. The van der Waals surface area contributed by atoms with Gasteiger partial charge in [-0.3, -0.25) is 0 Å². The van der Waals surface area contributed by atoms with Crippen LogP contribution in [0.2, 0.25) is 10.0 Å². The molecule has 0 N–H and O–H groups in total. The van der Waals surface area contributed by atoms with Crippen molar-refractivity contribution >= 4 is 29.2 Å². The second kappa shape index (κ2) is 5.62. The topological polar surface area (TPSA) is 52.1 Å². The van der Waals surface area contributed by atoms with Gasteiger partial charge in [-0.05, 0) is 18.9 Å². The summed E-state index contributed by atoms with van der Waals surface area (Å²) >= 11 is 12.3. The molecule has 0 atom stereocenters. The molecule has 0 unspecified atom stereocenters. The van der Waals surface area contributed by atoms with Crippen LogP contribution >= 0.6 is 23.2 Å². The Morgan fingerprint density at radius 3 is 2.71 bits per heavy atom. The van der Waals surface area contributed by atoms with E-state index in [9.17, 15) is 4.79 Å². The molecule has 21 heavy (non-hydrogen) atoms. The SMILES string of the molecule is COC(=O)c1nc(C2CC2)ncc1-c1cccc(Cl)c1Cl. The largest absolute Gasteiger partial charge is 0.464 e. The van der Waals surface area contributed by atoms with Gasteiger partial charge in [-0.1, -0.05) is 35.3 Å². The minimum Gasteiger partial charge on any atom is -0.464 e. The lowest BCUT2D eigenvalue weighted by atomic mass is 10.1. The zero-order valence-corrected chi connectivity index (χ0v) is 12.8. The Bertz CT molecular complexity index is 715. The number of hydrogen-bond donors (Lipinski definition) is 0. The number of rotatable bonds is 3.